The zero-order chi connectivity index (χ0) is 15.2. The molecule has 0 aliphatic carbocycles. The van der Waals surface area contributed by atoms with Crippen LogP contribution in [-0.4, -0.2) is 5.91 Å². The molecule has 4 heteroatoms. The van der Waals surface area contributed by atoms with E-state index in [4.69, 9.17) is 0 Å². The standard InChI is InChI=1S/C17H19BrN2O/c1-3-17(21)20-16-9-5-8-15(12(16)2)19-11-13-6-4-7-14(18)10-13/h4-10,19H,3,11H2,1-2H3,(H,20,21). The Balaban J connectivity index is 2.10. The van der Waals surface area contributed by atoms with Crippen molar-refractivity contribution in [1.29, 1.82) is 0 Å². The van der Waals surface area contributed by atoms with Gasteiger partial charge in [0.25, 0.3) is 0 Å². The quantitative estimate of drug-likeness (QED) is 0.822. The number of rotatable bonds is 5. The zero-order valence-corrected chi connectivity index (χ0v) is 13.8. The third-order valence-corrected chi connectivity index (χ3v) is 3.79. The van der Waals surface area contributed by atoms with Crippen molar-refractivity contribution in [2.75, 3.05) is 10.6 Å². The number of carbonyl (C=O) groups excluding carboxylic acids is 1. The first-order valence-corrected chi connectivity index (χ1v) is 7.77. The van der Waals surface area contributed by atoms with Gasteiger partial charge in [0.15, 0.2) is 0 Å². The molecule has 0 spiro atoms. The average molecular weight is 347 g/mol. The number of nitrogens with one attached hydrogen (secondary N) is 2. The number of hydrogen-bond acceptors (Lipinski definition) is 2. The molecule has 0 saturated heterocycles. The van der Waals surface area contributed by atoms with Crippen molar-refractivity contribution in [2.45, 2.75) is 26.8 Å². The number of hydrogen-bond donors (Lipinski definition) is 2. The van der Waals surface area contributed by atoms with Crippen LogP contribution in [-0.2, 0) is 11.3 Å². The fraction of sp³-hybridized carbons (Fsp3) is 0.235. The highest BCUT2D eigenvalue weighted by molar-refractivity contribution is 9.10. The van der Waals surface area contributed by atoms with E-state index in [1.54, 1.807) is 0 Å². The molecule has 2 aromatic carbocycles. The third-order valence-electron chi connectivity index (χ3n) is 3.30. The molecule has 0 atom stereocenters. The smallest absolute Gasteiger partial charge is 0.224 e. The summed E-state index contributed by atoms with van der Waals surface area (Å²) in [6.07, 6.45) is 0.481. The first-order chi connectivity index (χ1) is 10.1. The fourth-order valence-corrected chi connectivity index (χ4v) is 2.49. The van der Waals surface area contributed by atoms with Crippen LogP contribution in [0.4, 0.5) is 11.4 Å². The number of halogens is 1. The number of benzene rings is 2. The lowest BCUT2D eigenvalue weighted by Crippen LogP contribution is -2.11. The Bertz CT molecular complexity index is 640. The summed E-state index contributed by atoms with van der Waals surface area (Å²) in [6, 6.07) is 14.1. The molecule has 0 unspecified atom stereocenters. The van der Waals surface area contributed by atoms with E-state index in [0.29, 0.717) is 6.42 Å². The van der Waals surface area contributed by atoms with Crippen molar-refractivity contribution in [1.82, 2.24) is 0 Å². The van der Waals surface area contributed by atoms with Gasteiger partial charge in [0.05, 0.1) is 0 Å². The second-order valence-electron chi connectivity index (χ2n) is 4.86. The maximum atomic E-state index is 11.5. The van der Waals surface area contributed by atoms with E-state index in [1.165, 1.54) is 5.56 Å². The van der Waals surface area contributed by atoms with Crippen LogP contribution in [0, 0.1) is 6.92 Å². The highest BCUT2D eigenvalue weighted by atomic mass is 79.9. The van der Waals surface area contributed by atoms with Gasteiger partial charge in [-0.1, -0.05) is 41.1 Å². The van der Waals surface area contributed by atoms with E-state index in [-0.39, 0.29) is 5.91 Å². The van der Waals surface area contributed by atoms with E-state index >= 15 is 0 Å². The van der Waals surface area contributed by atoms with E-state index in [0.717, 1.165) is 28.0 Å². The molecule has 0 heterocycles. The molecule has 2 rings (SSSR count). The number of amides is 1. The van der Waals surface area contributed by atoms with Gasteiger partial charge in [-0.2, -0.15) is 0 Å². The third kappa shape index (κ3) is 4.33. The Labute approximate surface area is 133 Å². The normalized spacial score (nSPS) is 10.2. The second-order valence-corrected chi connectivity index (χ2v) is 5.78. The van der Waals surface area contributed by atoms with Gasteiger partial charge in [-0.25, -0.2) is 0 Å². The minimum absolute atomic E-state index is 0.0299. The van der Waals surface area contributed by atoms with Crippen LogP contribution in [0.3, 0.4) is 0 Å². The highest BCUT2D eigenvalue weighted by Crippen LogP contribution is 2.24. The van der Waals surface area contributed by atoms with E-state index < -0.39 is 0 Å². The summed E-state index contributed by atoms with van der Waals surface area (Å²) >= 11 is 3.47. The maximum absolute atomic E-state index is 11.5. The van der Waals surface area contributed by atoms with Gasteiger partial charge in [0.2, 0.25) is 5.91 Å². The van der Waals surface area contributed by atoms with Crippen molar-refractivity contribution in [3.8, 4) is 0 Å². The Morgan fingerprint density at radius 1 is 1.14 bits per heavy atom. The predicted molar refractivity (Wildman–Crippen MR) is 91.6 cm³/mol. The van der Waals surface area contributed by atoms with Gasteiger partial charge in [-0.15, -0.1) is 0 Å². The van der Waals surface area contributed by atoms with E-state index in [1.807, 2.05) is 44.2 Å². The Kier molecular flexibility index (Phi) is 5.39. The Morgan fingerprint density at radius 3 is 2.57 bits per heavy atom. The first kappa shape index (κ1) is 15.6. The molecular weight excluding hydrogens is 328 g/mol. The first-order valence-electron chi connectivity index (χ1n) is 6.98. The number of anilines is 2. The molecule has 0 saturated carbocycles. The van der Waals surface area contributed by atoms with Crippen LogP contribution >= 0.6 is 15.9 Å². The van der Waals surface area contributed by atoms with Crippen LogP contribution in [0.15, 0.2) is 46.9 Å². The van der Waals surface area contributed by atoms with Gasteiger partial charge in [0, 0.05) is 28.8 Å². The molecule has 0 aliphatic heterocycles. The molecule has 0 bridgehead atoms. The second kappa shape index (κ2) is 7.27. The Morgan fingerprint density at radius 2 is 1.86 bits per heavy atom. The molecule has 0 fully saturated rings. The monoisotopic (exact) mass is 346 g/mol. The summed E-state index contributed by atoms with van der Waals surface area (Å²) in [5.74, 6) is 0.0299. The lowest BCUT2D eigenvalue weighted by atomic mass is 10.1. The maximum Gasteiger partial charge on any atom is 0.224 e. The minimum atomic E-state index is 0.0299. The SMILES string of the molecule is CCC(=O)Nc1cccc(NCc2cccc(Br)c2)c1C. The summed E-state index contributed by atoms with van der Waals surface area (Å²) in [6.45, 7) is 4.60. The predicted octanol–water partition coefficient (Wildman–Crippen LogP) is 4.72. The molecule has 0 aliphatic rings. The van der Waals surface area contributed by atoms with Crippen LogP contribution in [0.2, 0.25) is 0 Å². The zero-order valence-electron chi connectivity index (χ0n) is 12.2. The summed E-state index contributed by atoms with van der Waals surface area (Å²) in [7, 11) is 0. The topological polar surface area (TPSA) is 41.1 Å². The summed E-state index contributed by atoms with van der Waals surface area (Å²) < 4.78 is 1.07. The molecule has 3 nitrogen and oxygen atoms in total. The fourth-order valence-electron chi connectivity index (χ4n) is 2.05. The van der Waals surface area contributed by atoms with Crippen LogP contribution < -0.4 is 10.6 Å². The molecule has 0 radical (unpaired) electrons. The van der Waals surface area contributed by atoms with Gasteiger partial charge in [-0.3, -0.25) is 4.79 Å². The molecule has 2 N–H and O–H groups in total. The van der Waals surface area contributed by atoms with Crippen LogP contribution in [0.1, 0.15) is 24.5 Å². The minimum Gasteiger partial charge on any atom is -0.381 e. The van der Waals surface area contributed by atoms with Gasteiger partial charge in [0.1, 0.15) is 0 Å². The molecule has 21 heavy (non-hydrogen) atoms. The molecule has 110 valence electrons. The van der Waals surface area contributed by atoms with Crippen LogP contribution in [0.5, 0.6) is 0 Å². The van der Waals surface area contributed by atoms with Crippen molar-refractivity contribution >= 4 is 33.2 Å². The van der Waals surface area contributed by atoms with E-state index in [9.17, 15) is 4.79 Å². The lowest BCUT2D eigenvalue weighted by Gasteiger charge is -2.14. The summed E-state index contributed by atoms with van der Waals surface area (Å²) in [5.41, 5.74) is 4.14. The molecular formula is C17H19BrN2O. The summed E-state index contributed by atoms with van der Waals surface area (Å²) in [4.78, 5) is 11.5. The van der Waals surface area contributed by atoms with Gasteiger partial charge >= 0.3 is 0 Å². The largest absolute Gasteiger partial charge is 0.381 e. The average Bonchev–Trinajstić information content (AvgIpc) is 2.48. The van der Waals surface area contributed by atoms with Crippen molar-refractivity contribution in [3.63, 3.8) is 0 Å². The van der Waals surface area contributed by atoms with Crippen LogP contribution in [0.25, 0.3) is 0 Å². The van der Waals surface area contributed by atoms with Crippen molar-refractivity contribution in [2.24, 2.45) is 0 Å². The van der Waals surface area contributed by atoms with E-state index in [2.05, 4.69) is 38.7 Å². The molecule has 2 aromatic rings. The molecule has 0 aromatic heterocycles. The van der Waals surface area contributed by atoms with Gasteiger partial charge < -0.3 is 10.6 Å². The van der Waals surface area contributed by atoms with Gasteiger partial charge in [-0.05, 0) is 42.3 Å². The van der Waals surface area contributed by atoms with Crippen molar-refractivity contribution in [3.05, 3.63) is 58.1 Å². The highest BCUT2D eigenvalue weighted by Gasteiger charge is 2.06. The molecule has 1 amide bonds. The summed E-state index contributed by atoms with van der Waals surface area (Å²) in [5, 5.41) is 6.34. The number of carbonyl (C=O) groups is 1. The van der Waals surface area contributed by atoms with Crippen molar-refractivity contribution < 1.29 is 4.79 Å². The Hall–Kier alpha value is -1.81. The lowest BCUT2D eigenvalue weighted by molar-refractivity contribution is -0.115.